The van der Waals surface area contributed by atoms with Crippen molar-refractivity contribution >= 4 is 11.8 Å². The van der Waals surface area contributed by atoms with Crippen molar-refractivity contribution < 1.29 is 32.5 Å². The van der Waals surface area contributed by atoms with Gasteiger partial charge in [-0.3, -0.25) is 9.58 Å². The molecule has 1 N–H and O–H groups in total. The van der Waals surface area contributed by atoms with E-state index < -0.39 is 17.8 Å². The lowest BCUT2D eigenvalue weighted by molar-refractivity contribution is -0.138. The molecule has 4 rings (SSSR count). The molecule has 1 atom stereocenters. The Hall–Kier alpha value is -3.67. The first-order valence-electron chi connectivity index (χ1n) is 10.5. The number of rotatable bonds is 5. The van der Waals surface area contributed by atoms with E-state index in [1.165, 1.54) is 12.0 Å². The molecule has 0 saturated heterocycles. The lowest BCUT2D eigenvalue weighted by Gasteiger charge is -2.35. The number of anilines is 1. The second-order valence-corrected chi connectivity index (χ2v) is 7.74. The summed E-state index contributed by atoms with van der Waals surface area (Å²) in [6.07, 6.45) is 0.641. The number of aliphatic hydroxyl groups is 1. The van der Waals surface area contributed by atoms with Crippen molar-refractivity contribution in [3.8, 4) is 22.9 Å². The quantitative estimate of drug-likeness (QED) is 0.591. The largest absolute Gasteiger partial charge is 0.452 e. The number of benzene rings is 1. The Morgan fingerprint density at radius 2 is 1.97 bits per heavy atom. The zero-order valence-corrected chi connectivity index (χ0v) is 18.4. The molecule has 1 aliphatic rings. The van der Waals surface area contributed by atoms with Gasteiger partial charge in [0.25, 0.3) is 0 Å². The number of aromatic nitrogens is 4. The molecule has 0 unspecified atom stereocenters. The molecule has 12 heteroatoms. The minimum Gasteiger partial charge on any atom is -0.452 e. The van der Waals surface area contributed by atoms with Crippen LogP contribution < -0.4 is 9.64 Å². The SMILES string of the molecule is COC(=O)N1c2ccc(-c3cnn(CCO)c3)c(Oc3ncc(C(F)(F)F)cn3)c2CC[C@@H]1C. The molecule has 1 aromatic carbocycles. The highest BCUT2D eigenvalue weighted by Crippen LogP contribution is 2.44. The fourth-order valence-electron chi connectivity index (χ4n) is 3.86. The van der Waals surface area contributed by atoms with E-state index in [0.717, 1.165) is 0 Å². The monoisotopic (exact) mass is 477 g/mol. The average molecular weight is 477 g/mol. The molecular weight excluding hydrogens is 455 g/mol. The van der Waals surface area contributed by atoms with Gasteiger partial charge in [-0.15, -0.1) is 0 Å². The van der Waals surface area contributed by atoms with Gasteiger partial charge in [-0.25, -0.2) is 14.8 Å². The first-order chi connectivity index (χ1) is 16.2. The van der Waals surface area contributed by atoms with Gasteiger partial charge < -0.3 is 14.6 Å². The predicted octanol–water partition coefficient (Wildman–Crippen LogP) is 4.05. The van der Waals surface area contributed by atoms with E-state index in [0.29, 0.717) is 53.4 Å². The first-order valence-corrected chi connectivity index (χ1v) is 10.5. The van der Waals surface area contributed by atoms with Gasteiger partial charge in [-0.1, -0.05) is 0 Å². The number of carbonyl (C=O) groups is 1. The number of ether oxygens (including phenoxy) is 2. The minimum atomic E-state index is -4.58. The van der Waals surface area contributed by atoms with Gasteiger partial charge in [0.15, 0.2) is 0 Å². The van der Waals surface area contributed by atoms with E-state index in [-0.39, 0.29) is 25.2 Å². The normalized spacial score (nSPS) is 15.7. The molecule has 1 amide bonds. The van der Waals surface area contributed by atoms with Crippen LogP contribution in [0.4, 0.5) is 23.7 Å². The summed E-state index contributed by atoms with van der Waals surface area (Å²) in [4.78, 5) is 21.4. The van der Waals surface area contributed by atoms with E-state index >= 15 is 0 Å². The van der Waals surface area contributed by atoms with Crippen molar-refractivity contribution in [2.75, 3.05) is 18.6 Å². The summed E-state index contributed by atoms with van der Waals surface area (Å²) in [6, 6.07) is 3.09. The number of aliphatic hydroxyl groups excluding tert-OH is 1. The summed E-state index contributed by atoms with van der Waals surface area (Å²) in [5.41, 5.74) is 1.48. The highest BCUT2D eigenvalue weighted by atomic mass is 19.4. The molecule has 3 aromatic rings. The van der Waals surface area contributed by atoms with Crippen LogP contribution in [0.1, 0.15) is 24.5 Å². The molecule has 0 bridgehead atoms. The van der Waals surface area contributed by atoms with Crippen molar-refractivity contribution in [1.29, 1.82) is 0 Å². The third-order valence-corrected chi connectivity index (χ3v) is 5.54. The summed E-state index contributed by atoms with van der Waals surface area (Å²) in [7, 11) is 1.29. The molecule has 3 heterocycles. The Balaban J connectivity index is 1.82. The third kappa shape index (κ3) is 4.53. The highest BCUT2D eigenvalue weighted by molar-refractivity contribution is 5.92. The van der Waals surface area contributed by atoms with Crippen LogP contribution in [0.2, 0.25) is 0 Å². The van der Waals surface area contributed by atoms with Crippen LogP contribution >= 0.6 is 0 Å². The average Bonchev–Trinajstić information content (AvgIpc) is 3.27. The topological polar surface area (TPSA) is 103 Å². The Labute approximate surface area is 192 Å². The van der Waals surface area contributed by atoms with Gasteiger partial charge in [-0.2, -0.15) is 18.3 Å². The van der Waals surface area contributed by atoms with Gasteiger partial charge >= 0.3 is 18.3 Å². The van der Waals surface area contributed by atoms with Crippen molar-refractivity contribution in [3.05, 3.63) is 48.0 Å². The number of hydrogen-bond donors (Lipinski definition) is 1. The number of nitrogens with zero attached hydrogens (tertiary/aromatic N) is 5. The molecule has 34 heavy (non-hydrogen) atoms. The molecule has 180 valence electrons. The lowest BCUT2D eigenvalue weighted by atomic mass is 9.92. The molecule has 0 radical (unpaired) electrons. The third-order valence-electron chi connectivity index (χ3n) is 5.54. The van der Waals surface area contributed by atoms with E-state index in [4.69, 9.17) is 9.47 Å². The summed E-state index contributed by atoms with van der Waals surface area (Å²) in [5, 5.41) is 13.4. The number of methoxy groups -OCH3 is 1. The van der Waals surface area contributed by atoms with Crippen LogP contribution in [0.3, 0.4) is 0 Å². The molecule has 0 fully saturated rings. The maximum absolute atomic E-state index is 12.9. The second-order valence-electron chi connectivity index (χ2n) is 7.74. The van der Waals surface area contributed by atoms with Crippen LogP contribution in [0.5, 0.6) is 11.8 Å². The Morgan fingerprint density at radius 1 is 1.24 bits per heavy atom. The van der Waals surface area contributed by atoms with E-state index in [9.17, 15) is 23.1 Å². The maximum atomic E-state index is 12.9. The van der Waals surface area contributed by atoms with Crippen molar-refractivity contribution in [2.24, 2.45) is 0 Å². The first kappa shape index (κ1) is 23.5. The van der Waals surface area contributed by atoms with Crippen molar-refractivity contribution in [1.82, 2.24) is 19.7 Å². The molecule has 0 aliphatic carbocycles. The predicted molar refractivity (Wildman–Crippen MR) is 115 cm³/mol. The van der Waals surface area contributed by atoms with E-state index in [2.05, 4.69) is 15.1 Å². The number of alkyl halides is 3. The van der Waals surface area contributed by atoms with Crippen LogP contribution in [-0.4, -0.2) is 50.7 Å². The maximum Gasteiger partial charge on any atom is 0.419 e. The van der Waals surface area contributed by atoms with Gasteiger partial charge in [0.1, 0.15) is 5.75 Å². The van der Waals surface area contributed by atoms with Crippen LogP contribution in [0.25, 0.3) is 11.1 Å². The fourth-order valence-corrected chi connectivity index (χ4v) is 3.86. The summed E-state index contributed by atoms with van der Waals surface area (Å²) in [6.45, 7) is 2.09. The molecule has 0 spiro atoms. The van der Waals surface area contributed by atoms with E-state index in [1.807, 2.05) is 6.92 Å². The van der Waals surface area contributed by atoms with Crippen LogP contribution in [0, 0.1) is 0 Å². The second kappa shape index (κ2) is 9.29. The molecule has 1 aliphatic heterocycles. The summed E-state index contributed by atoms with van der Waals surface area (Å²) < 4.78 is 51.2. The number of hydrogen-bond acceptors (Lipinski definition) is 7. The van der Waals surface area contributed by atoms with Gasteiger partial charge in [0.2, 0.25) is 0 Å². The van der Waals surface area contributed by atoms with Gasteiger partial charge in [0.05, 0.1) is 37.7 Å². The summed E-state index contributed by atoms with van der Waals surface area (Å²) >= 11 is 0. The Morgan fingerprint density at radius 3 is 2.62 bits per heavy atom. The zero-order chi connectivity index (χ0) is 24.5. The molecule has 9 nitrogen and oxygen atoms in total. The number of halogens is 3. The van der Waals surface area contributed by atoms with E-state index in [1.54, 1.807) is 29.2 Å². The van der Waals surface area contributed by atoms with Crippen molar-refractivity contribution in [2.45, 2.75) is 38.5 Å². The Bertz CT molecular complexity index is 1180. The van der Waals surface area contributed by atoms with Gasteiger partial charge in [0, 0.05) is 41.3 Å². The standard InChI is InChI=1S/C22H22F3N5O4/c1-13-3-4-17-18(30(13)21(32)33-2)6-5-16(14-9-28-29(12-14)7-8-31)19(17)34-20-26-10-15(11-27-20)22(23,24)25/h5-6,9-13,31H,3-4,7-8H2,1-2H3/t13-/m0/s1. The van der Waals surface area contributed by atoms with Crippen LogP contribution in [-0.2, 0) is 23.9 Å². The minimum absolute atomic E-state index is 0.0972. The van der Waals surface area contributed by atoms with Crippen LogP contribution in [0.15, 0.2) is 36.9 Å². The molecule has 0 saturated carbocycles. The molecule has 2 aromatic heterocycles. The Kier molecular flexibility index (Phi) is 6.42. The number of amides is 1. The van der Waals surface area contributed by atoms with Crippen molar-refractivity contribution in [3.63, 3.8) is 0 Å². The number of fused-ring (bicyclic) bond motifs is 1. The zero-order valence-electron chi connectivity index (χ0n) is 18.4. The summed E-state index contributed by atoms with van der Waals surface area (Å²) in [5.74, 6) is 0.307. The fraction of sp³-hybridized carbons (Fsp3) is 0.364. The highest BCUT2D eigenvalue weighted by Gasteiger charge is 2.34. The smallest absolute Gasteiger partial charge is 0.419 e. The molecular formula is C22H22F3N5O4. The number of carbonyl (C=O) groups excluding carboxylic acids is 1. The van der Waals surface area contributed by atoms with Gasteiger partial charge in [-0.05, 0) is 31.9 Å². The lowest BCUT2D eigenvalue weighted by Crippen LogP contribution is -2.42.